The summed E-state index contributed by atoms with van der Waals surface area (Å²) in [5.74, 6) is 11.4. The van der Waals surface area contributed by atoms with Crippen molar-refractivity contribution in [2.75, 3.05) is 0 Å². The Balaban J connectivity index is 2.76. The van der Waals surface area contributed by atoms with Crippen LogP contribution in [0.2, 0.25) is 0 Å². The number of nitrogens with two attached hydrogens (primary N) is 1. The highest BCUT2D eigenvalue weighted by Gasteiger charge is 2.12. The van der Waals surface area contributed by atoms with Gasteiger partial charge in [-0.3, -0.25) is 11.3 Å². The second kappa shape index (κ2) is 5.60. The van der Waals surface area contributed by atoms with Crippen molar-refractivity contribution in [3.8, 4) is 11.8 Å². The second-order valence-electron chi connectivity index (χ2n) is 2.48. The van der Waals surface area contributed by atoms with E-state index in [0.717, 1.165) is 6.42 Å². The smallest absolute Gasteiger partial charge is 0.0672 e. The Morgan fingerprint density at radius 3 is 3.00 bits per heavy atom. The zero-order valence-electron chi connectivity index (χ0n) is 7.30. The molecule has 0 spiro atoms. The molecule has 1 rings (SSSR count). The van der Waals surface area contributed by atoms with Crippen LogP contribution in [0.1, 0.15) is 24.3 Å². The Morgan fingerprint density at radius 1 is 1.77 bits per heavy atom. The molecule has 4 heteroatoms. The van der Waals surface area contributed by atoms with E-state index in [1.807, 2.05) is 6.92 Å². The normalized spacial score (nSPS) is 11.9. The Hall–Kier alpha value is -0.0900. The number of rotatable bonds is 3. The van der Waals surface area contributed by atoms with Gasteiger partial charge in [0, 0.05) is 14.9 Å². The molecule has 2 nitrogen and oxygen atoms in total. The average molecular weight is 306 g/mol. The number of nitrogens with one attached hydrogen (secondary N) is 1. The third-order valence-electron chi connectivity index (χ3n) is 1.65. The summed E-state index contributed by atoms with van der Waals surface area (Å²) in [5.41, 5.74) is 2.78. The lowest BCUT2D eigenvalue weighted by molar-refractivity contribution is 0.575. The molecule has 1 aromatic heterocycles. The zero-order chi connectivity index (χ0) is 9.68. The number of thiophene rings is 1. The molecule has 0 saturated heterocycles. The highest BCUT2D eigenvalue weighted by molar-refractivity contribution is 14.1. The first kappa shape index (κ1) is 11.0. The summed E-state index contributed by atoms with van der Waals surface area (Å²) >= 11 is 4.03. The lowest BCUT2D eigenvalue weighted by Crippen LogP contribution is -2.27. The summed E-state index contributed by atoms with van der Waals surface area (Å²) < 4.78 is 1.25. The summed E-state index contributed by atoms with van der Waals surface area (Å²) in [5, 5.41) is 2.07. The topological polar surface area (TPSA) is 38.0 Å². The monoisotopic (exact) mass is 306 g/mol. The Kier molecular flexibility index (Phi) is 4.73. The fourth-order valence-electron chi connectivity index (χ4n) is 0.986. The summed E-state index contributed by atoms with van der Waals surface area (Å²) in [6.07, 6.45) is 0.767. The van der Waals surface area contributed by atoms with E-state index in [-0.39, 0.29) is 6.04 Å². The molecule has 0 aromatic carbocycles. The average Bonchev–Trinajstić information content (AvgIpc) is 2.54. The van der Waals surface area contributed by atoms with E-state index in [0.29, 0.717) is 0 Å². The number of hydrogen-bond donors (Lipinski definition) is 2. The first-order valence-electron chi connectivity index (χ1n) is 3.88. The Labute approximate surface area is 96.0 Å². The molecule has 0 aliphatic rings. The molecular weight excluding hydrogens is 295 g/mol. The minimum atomic E-state index is 0.166. The fraction of sp³-hybridized carbons (Fsp3) is 0.333. The number of hydrazine groups is 1. The fourth-order valence-corrected chi connectivity index (χ4v) is 3.01. The maximum absolute atomic E-state index is 5.46. The zero-order valence-corrected chi connectivity index (χ0v) is 10.3. The largest absolute Gasteiger partial charge is 0.271 e. The molecule has 3 N–H and O–H groups in total. The van der Waals surface area contributed by atoms with Crippen molar-refractivity contribution >= 4 is 33.9 Å². The van der Waals surface area contributed by atoms with Crippen molar-refractivity contribution in [3.05, 3.63) is 19.9 Å². The van der Waals surface area contributed by atoms with Gasteiger partial charge >= 0.3 is 0 Å². The molecule has 0 amide bonds. The molecule has 0 aliphatic carbocycles. The molecule has 1 heterocycles. The molecular formula is C9H11IN2S. The van der Waals surface area contributed by atoms with Crippen LogP contribution in [0.4, 0.5) is 0 Å². The minimum Gasteiger partial charge on any atom is -0.271 e. The van der Waals surface area contributed by atoms with Crippen LogP contribution in [0, 0.1) is 15.4 Å². The van der Waals surface area contributed by atoms with Crippen molar-refractivity contribution in [2.45, 2.75) is 19.4 Å². The Bertz CT molecular complexity index is 324. The van der Waals surface area contributed by atoms with Gasteiger partial charge in [-0.15, -0.1) is 23.2 Å². The molecule has 1 atom stereocenters. The molecule has 0 bridgehead atoms. The standard InChI is InChI=1S/C9H11IN2S/c1-2-3-4-8(12-11)9-7(10)5-6-13-9/h5-6,8,12H,4,11H2,1H3. The molecule has 70 valence electrons. The molecule has 13 heavy (non-hydrogen) atoms. The van der Waals surface area contributed by atoms with Crippen LogP contribution in [0.3, 0.4) is 0 Å². The first-order chi connectivity index (χ1) is 6.29. The van der Waals surface area contributed by atoms with Crippen LogP contribution in [-0.4, -0.2) is 0 Å². The highest BCUT2D eigenvalue weighted by atomic mass is 127. The number of hydrogen-bond acceptors (Lipinski definition) is 3. The summed E-state index contributed by atoms with van der Waals surface area (Å²) in [7, 11) is 0. The van der Waals surface area contributed by atoms with Gasteiger partial charge in [-0.05, 0) is 41.0 Å². The summed E-state index contributed by atoms with van der Waals surface area (Å²) in [4.78, 5) is 1.27. The van der Waals surface area contributed by atoms with Gasteiger partial charge in [-0.1, -0.05) is 0 Å². The van der Waals surface area contributed by atoms with Crippen LogP contribution in [0.5, 0.6) is 0 Å². The van der Waals surface area contributed by atoms with E-state index < -0.39 is 0 Å². The van der Waals surface area contributed by atoms with E-state index in [2.05, 4.69) is 51.3 Å². The summed E-state index contributed by atoms with van der Waals surface area (Å²) in [6.45, 7) is 1.84. The summed E-state index contributed by atoms with van der Waals surface area (Å²) in [6, 6.07) is 2.25. The van der Waals surface area contributed by atoms with Crippen molar-refractivity contribution < 1.29 is 0 Å². The Morgan fingerprint density at radius 2 is 2.54 bits per heavy atom. The third-order valence-corrected chi connectivity index (χ3v) is 3.98. The first-order valence-corrected chi connectivity index (χ1v) is 5.84. The van der Waals surface area contributed by atoms with Crippen molar-refractivity contribution in [1.29, 1.82) is 0 Å². The highest BCUT2D eigenvalue weighted by Crippen LogP contribution is 2.27. The van der Waals surface area contributed by atoms with E-state index >= 15 is 0 Å². The maximum atomic E-state index is 5.46. The lowest BCUT2D eigenvalue weighted by atomic mass is 10.2. The van der Waals surface area contributed by atoms with Gasteiger partial charge in [0.05, 0.1) is 6.04 Å². The van der Waals surface area contributed by atoms with Gasteiger partial charge in [-0.2, -0.15) is 0 Å². The number of halogens is 1. The van der Waals surface area contributed by atoms with E-state index in [1.54, 1.807) is 11.3 Å². The van der Waals surface area contributed by atoms with Gasteiger partial charge < -0.3 is 0 Å². The predicted molar refractivity (Wildman–Crippen MR) is 65.2 cm³/mol. The molecule has 1 unspecified atom stereocenters. The molecule has 0 saturated carbocycles. The predicted octanol–water partition coefficient (Wildman–Crippen LogP) is 2.27. The van der Waals surface area contributed by atoms with E-state index in [4.69, 9.17) is 5.84 Å². The van der Waals surface area contributed by atoms with Gasteiger partial charge in [0.15, 0.2) is 0 Å². The second-order valence-corrected chi connectivity index (χ2v) is 4.59. The van der Waals surface area contributed by atoms with Crippen LogP contribution < -0.4 is 11.3 Å². The third kappa shape index (κ3) is 2.95. The SMILES string of the molecule is CC#CCC(NN)c1sccc1I. The molecule has 0 aliphatic heterocycles. The van der Waals surface area contributed by atoms with E-state index in [9.17, 15) is 0 Å². The molecule has 0 fully saturated rings. The maximum Gasteiger partial charge on any atom is 0.0672 e. The van der Waals surface area contributed by atoms with Crippen LogP contribution in [0.25, 0.3) is 0 Å². The van der Waals surface area contributed by atoms with Crippen molar-refractivity contribution in [2.24, 2.45) is 5.84 Å². The van der Waals surface area contributed by atoms with Crippen LogP contribution >= 0.6 is 33.9 Å². The molecule has 1 aromatic rings. The van der Waals surface area contributed by atoms with Gasteiger partial charge in [-0.25, -0.2) is 0 Å². The van der Waals surface area contributed by atoms with Gasteiger partial charge in [0.1, 0.15) is 0 Å². The van der Waals surface area contributed by atoms with Gasteiger partial charge in [0.25, 0.3) is 0 Å². The lowest BCUT2D eigenvalue weighted by Gasteiger charge is -2.11. The van der Waals surface area contributed by atoms with Gasteiger partial charge in [0.2, 0.25) is 0 Å². The van der Waals surface area contributed by atoms with Crippen molar-refractivity contribution in [3.63, 3.8) is 0 Å². The van der Waals surface area contributed by atoms with Crippen molar-refractivity contribution in [1.82, 2.24) is 5.43 Å². The van der Waals surface area contributed by atoms with Crippen LogP contribution in [-0.2, 0) is 0 Å². The van der Waals surface area contributed by atoms with Crippen LogP contribution in [0.15, 0.2) is 11.4 Å². The molecule has 0 radical (unpaired) electrons. The minimum absolute atomic E-state index is 0.166. The van der Waals surface area contributed by atoms with E-state index in [1.165, 1.54) is 8.45 Å². The quantitative estimate of drug-likeness (QED) is 0.389.